The molecule has 2 aromatic rings. The molecular formula is C18H16FNO3S. The van der Waals surface area contributed by atoms with Crippen molar-refractivity contribution in [2.45, 2.75) is 0 Å². The van der Waals surface area contributed by atoms with E-state index in [9.17, 15) is 14.0 Å². The van der Waals surface area contributed by atoms with Crippen LogP contribution in [0.15, 0.2) is 48.5 Å². The number of benzene rings is 2. The Morgan fingerprint density at radius 1 is 0.917 bits per heavy atom. The summed E-state index contributed by atoms with van der Waals surface area (Å²) in [6, 6.07) is 13.1. The number of amides is 2. The largest absolute Gasteiger partial charge is 0.490 e. The van der Waals surface area contributed by atoms with Crippen LogP contribution in [0.25, 0.3) is 0 Å². The number of rotatable bonds is 7. The molecule has 1 heterocycles. The number of carbonyl (C=O) groups is 2. The van der Waals surface area contributed by atoms with Crippen LogP contribution in [0, 0.1) is 5.82 Å². The van der Waals surface area contributed by atoms with Gasteiger partial charge in [0.2, 0.25) is 0 Å². The zero-order chi connectivity index (χ0) is 16.9. The van der Waals surface area contributed by atoms with Crippen LogP contribution in [-0.4, -0.2) is 41.4 Å². The minimum atomic E-state index is -0.381. The summed E-state index contributed by atoms with van der Waals surface area (Å²) in [6.07, 6.45) is 0. The van der Waals surface area contributed by atoms with E-state index >= 15 is 0 Å². The number of para-hydroxylation sites is 1. The van der Waals surface area contributed by atoms with E-state index in [0.29, 0.717) is 35.8 Å². The van der Waals surface area contributed by atoms with Crippen LogP contribution in [0.3, 0.4) is 0 Å². The molecule has 0 N–H and O–H groups in total. The average molecular weight is 345 g/mol. The Morgan fingerprint density at radius 2 is 1.54 bits per heavy atom. The summed E-state index contributed by atoms with van der Waals surface area (Å²) in [4.78, 5) is 25.6. The predicted molar refractivity (Wildman–Crippen MR) is 91.0 cm³/mol. The first kappa shape index (κ1) is 16.5. The van der Waals surface area contributed by atoms with E-state index in [1.54, 1.807) is 54.2 Å². The van der Waals surface area contributed by atoms with Crippen molar-refractivity contribution in [1.82, 2.24) is 4.90 Å². The smallest absolute Gasteiger partial charge is 0.261 e. The van der Waals surface area contributed by atoms with E-state index in [4.69, 9.17) is 4.74 Å². The van der Waals surface area contributed by atoms with Crippen LogP contribution in [-0.2, 0) is 0 Å². The molecule has 24 heavy (non-hydrogen) atoms. The molecule has 0 unspecified atom stereocenters. The molecule has 0 aliphatic carbocycles. The molecule has 124 valence electrons. The van der Waals surface area contributed by atoms with Crippen LogP contribution in [0.5, 0.6) is 5.75 Å². The van der Waals surface area contributed by atoms with Gasteiger partial charge >= 0.3 is 0 Å². The van der Waals surface area contributed by atoms with Gasteiger partial charge in [0.25, 0.3) is 11.8 Å². The SMILES string of the molecule is O=C1c2ccccc2C(=O)N1CCSCCOc1ccccc1F. The molecule has 0 bridgehead atoms. The van der Waals surface area contributed by atoms with Gasteiger partial charge in [0.1, 0.15) is 0 Å². The highest BCUT2D eigenvalue weighted by atomic mass is 32.2. The normalized spacial score (nSPS) is 13.3. The van der Waals surface area contributed by atoms with Crippen molar-refractivity contribution in [1.29, 1.82) is 0 Å². The predicted octanol–water partition coefficient (Wildman–Crippen LogP) is 3.23. The van der Waals surface area contributed by atoms with Crippen molar-refractivity contribution >= 4 is 23.6 Å². The maximum Gasteiger partial charge on any atom is 0.261 e. The average Bonchev–Trinajstić information content (AvgIpc) is 2.84. The second kappa shape index (κ2) is 7.49. The number of fused-ring (bicyclic) bond motifs is 1. The highest BCUT2D eigenvalue weighted by molar-refractivity contribution is 7.99. The second-order valence-corrected chi connectivity index (χ2v) is 6.42. The zero-order valence-electron chi connectivity index (χ0n) is 12.9. The van der Waals surface area contributed by atoms with E-state index in [-0.39, 0.29) is 23.4 Å². The number of hydrogen-bond donors (Lipinski definition) is 0. The Hall–Kier alpha value is -2.34. The molecule has 2 aromatic carbocycles. The van der Waals surface area contributed by atoms with Gasteiger partial charge in [-0.25, -0.2) is 4.39 Å². The lowest BCUT2D eigenvalue weighted by Gasteiger charge is -2.13. The minimum absolute atomic E-state index is 0.235. The lowest BCUT2D eigenvalue weighted by molar-refractivity contribution is 0.0664. The molecule has 6 heteroatoms. The second-order valence-electron chi connectivity index (χ2n) is 5.20. The molecular weight excluding hydrogens is 329 g/mol. The maximum atomic E-state index is 13.4. The molecule has 0 atom stereocenters. The van der Waals surface area contributed by atoms with Gasteiger partial charge in [0.05, 0.1) is 17.7 Å². The van der Waals surface area contributed by atoms with Crippen LogP contribution in [0.4, 0.5) is 4.39 Å². The van der Waals surface area contributed by atoms with Gasteiger partial charge in [-0.2, -0.15) is 11.8 Å². The zero-order valence-corrected chi connectivity index (χ0v) is 13.7. The number of carbonyl (C=O) groups excluding carboxylic acids is 2. The molecule has 3 rings (SSSR count). The summed E-state index contributed by atoms with van der Waals surface area (Å²) in [6.45, 7) is 0.727. The lowest BCUT2D eigenvalue weighted by atomic mass is 10.1. The molecule has 0 saturated heterocycles. The number of ether oxygens (including phenoxy) is 1. The van der Waals surface area contributed by atoms with Crippen LogP contribution < -0.4 is 4.74 Å². The van der Waals surface area contributed by atoms with Crippen molar-refractivity contribution < 1.29 is 18.7 Å². The van der Waals surface area contributed by atoms with Crippen molar-refractivity contribution in [2.75, 3.05) is 24.7 Å². The third-order valence-corrected chi connectivity index (χ3v) is 4.59. The van der Waals surface area contributed by atoms with Gasteiger partial charge in [-0.15, -0.1) is 0 Å². The van der Waals surface area contributed by atoms with E-state index in [2.05, 4.69) is 0 Å². The molecule has 2 amide bonds. The monoisotopic (exact) mass is 345 g/mol. The fourth-order valence-corrected chi connectivity index (χ4v) is 3.19. The summed E-state index contributed by atoms with van der Waals surface area (Å²) >= 11 is 1.55. The summed E-state index contributed by atoms with van der Waals surface area (Å²) in [5.74, 6) is 0.647. The number of imide groups is 1. The van der Waals surface area contributed by atoms with Crippen LogP contribution in [0.1, 0.15) is 20.7 Å². The number of thioether (sulfide) groups is 1. The highest BCUT2D eigenvalue weighted by Gasteiger charge is 2.34. The topological polar surface area (TPSA) is 46.6 Å². The van der Waals surface area contributed by atoms with Crippen LogP contribution >= 0.6 is 11.8 Å². The molecule has 1 aliphatic heterocycles. The van der Waals surface area contributed by atoms with Gasteiger partial charge in [-0.1, -0.05) is 24.3 Å². The van der Waals surface area contributed by atoms with Crippen LogP contribution in [0.2, 0.25) is 0 Å². The first-order valence-corrected chi connectivity index (χ1v) is 8.74. The van der Waals surface area contributed by atoms with Gasteiger partial charge < -0.3 is 4.74 Å². The molecule has 0 aromatic heterocycles. The fourth-order valence-electron chi connectivity index (χ4n) is 2.47. The van der Waals surface area contributed by atoms with E-state index < -0.39 is 0 Å². The van der Waals surface area contributed by atoms with Crippen molar-refractivity contribution in [3.05, 3.63) is 65.5 Å². The minimum Gasteiger partial charge on any atom is -0.490 e. The Labute approximate surface area is 143 Å². The van der Waals surface area contributed by atoms with Gasteiger partial charge in [0.15, 0.2) is 11.6 Å². The fraction of sp³-hybridized carbons (Fsp3) is 0.222. The number of hydrogen-bond acceptors (Lipinski definition) is 4. The quantitative estimate of drug-likeness (QED) is 0.571. The van der Waals surface area contributed by atoms with Gasteiger partial charge in [0, 0.05) is 18.1 Å². The van der Waals surface area contributed by atoms with Crippen molar-refractivity contribution in [3.63, 3.8) is 0 Å². The van der Waals surface area contributed by atoms with E-state index in [1.807, 2.05) is 0 Å². The Bertz CT molecular complexity index is 730. The molecule has 4 nitrogen and oxygen atoms in total. The summed E-state index contributed by atoms with van der Waals surface area (Å²) in [5.41, 5.74) is 0.936. The van der Waals surface area contributed by atoms with Gasteiger partial charge in [-0.3, -0.25) is 14.5 Å². The molecule has 0 saturated carbocycles. The van der Waals surface area contributed by atoms with E-state index in [0.717, 1.165) is 0 Å². The molecule has 1 aliphatic rings. The molecule has 0 fully saturated rings. The maximum absolute atomic E-state index is 13.4. The Morgan fingerprint density at radius 3 is 2.21 bits per heavy atom. The van der Waals surface area contributed by atoms with Crippen molar-refractivity contribution in [2.24, 2.45) is 0 Å². The Balaban J connectivity index is 1.41. The molecule has 0 radical (unpaired) electrons. The van der Waals surface area contributed by atoms with Crippen molar-refractivity contribution in [3.8, 4) is 5.75 Å². The third-order valence-electron chi connectivity index (χ3n) is 3.66. The first-order chi connectivity index (χ1) is 11.7. The van der Waals surface area contributed by atoms with Gasteiger partial charge in [-0.05, 0) is 24.3 Å². The summed E-state index contributed by atoms with van der Waals surface area (Å²) in [7, 11) is 0. The summed E-state index contributed by atoms with van der Waals surface area (Å²) < 4.78 is 18.7. The number of halogens is 1. The van der Waals surface area contributed by atoms with E-state index in [1.165, 1.54) is 11.0 Å². The first-order valence-electron chi connectivity index (χ1n) is 7.59. The molecule has 0 spiro atoms. The lowest BCUT2D eigenvalue weighted by Crippen LogP contribution is -2.32. The summed E-state index contributed by atoms with van der Waals surface area (Å²) in [5, 5.41) is 0. The Kier molecular flexibility index (Phi) is 5.15. The standard InChI is InChI=1S/C18H16FNO3S/c19-15-7-3-4-8-16(15)23-10-12-24-11-9-20-17(21)13-5-1-2-6-14(13)18(20)22/h1-8H,9-12H2. The highest BCUT2D eigenvalue weighted by Crippen LogP contribution is 2.22. The number of nitrogens with zero attached hydrogens (tertiary/aromatic N) is 1. The third kappa shape index (κ3) is 3.43.